The van der Waals surface area contributed by atoms with Crippen molar-refractivity contribution in [1.29, 1.82) is 0 Å². The molecule has 0 aliphatic carbocycles. The zero-order valence-corrected chi connectivity index (χ0v) is 10.8. The van der Waals surface area contributed by atoms with Crippen molar-refractivity contribution in [3.8, 4) is 0 Å². The Morgan fingerprint density at radius 2 is 1.50 bits per heavy atom. The third-order valence-corrected chi connectivity index (χ3v) is 3.26. The van der Waals surface area contributed by atoms with Gasteiger partial charge in [0.1, 0.15) is 5.82 Å². The van der Waals surface area contributed by atoms with E-state index < -0.39 is 0 Å². The zero-order valence-electron chi connectivity index (χ0n) is 10.8. The van der Waals surface area contributed by atoms with E-state index in [9.17, 15) is 4.39 Å². The molecule has 0 radical (unpaired) electrons. The molecule has 0 aromatic heterocycles. The molecule has 0 heterocycles. The van der Waals surface area contributed by atoms with Crippen LogP contribution in [0.2, 0.25) is 0 Å². The minimum atomic E-state index is -0.0874. The predicted octanol–water partition coefficient (Wildman–Crippen LogP) is 4.70. The van der Waals surface area contributed by atoms with E-state index in [2.05, 4.69) is 24.3 Å². The number of halogens is 1. The van der Waals surface area contributed by atoms with Crippen molar-refractivity contribution in [2.45, 2.75) is 32.6 Å². The molecule has 0 bridgehead atoms. The number of unbranched alkanes of at least 4 members (excludes halogenated alkanes) is 1. The molecule has 94 valence electrons. The monoisotopic (exact) mass is 242 g/mol. The first-order valence-electron chi connectivity index (χ1n) is 6.54. The molecule has 0 amide bonds. The normalized spacial score (nSPS) is 10.6. The Kier molecular flexibility index (Phi) is 4.52. The lowest BCUT2D eigenvalue weighted by atomic mass is 10.0. The average molecular weight is 242 g/mol. The summed E-state index contributed by atoms with van der Waals surface area (Å²) in [6, 6.07) is 16.1. The SMILES string of the molecule is Cc1ccc(CCCCc2ccccc2)cc1F. The van der Waals surface area contributed by atoms with Gasteiger partial charge in [0.25, 0.3) is 0 Å². The average Bonchev–Trinajstić information content (AvgIpc) is 2.40. The van der Waals surface area contributed by atoms with Gasteiger partial charge in [-0.2, -0.15) is 0 Å². The van der Waals surface area contributed by atoms with Crippen molar-refractivity contribution in [3.63, 3.8) is 0 Å². The maximum absolute atomic E-state index is 13.4. The van der Waals surface area contributed by atoms with Crippen LogP contribution in [-0.2, 0) is 12.8 Å². The molecular formula is C17H19F. The maximum Gasteiger partial charge on any atom is 0.126 e. The third kappa shape index (κ3) is 3.69. The van der Waals surface area contributed by atoms with Gasteiger partial charge >= 0.3 is 0 Å². The summed E-state index contributed by atoms with van der Waals surface area (Å²) >= 11 is 0. The highest BCUT2D eigenvalue weighted by Crippen LogP contribution is 2.13. The molecule has 0 N–H and O–H groups in total. The minimum absolute atomic E-state index is 0.0874. The zero-order chi connectivity index (χ0) is 12.8. The molecular weight excluding hydrogens is 223 g/mol. The minimum Gasteiger partial charge on any atom is -0.207 e. The number of hydrogen-bond donors (Lipinski definition) is 0. The first kappa shape index (κ1) is 12.8. The molecule has 0 nitrogen and oxygen atoms in total. The van der Waals surface area contributed by atoms with E-state index in [0.717, 1.165) is 36.8 Å². The fourth-order valence-electron chi connectivity index (χ4n) is 2.09. The molecule has 0 unspecified atom stereocenters. The molecule has 0 spiro atoms. The highest BCUT2D eigenvalue weighted by atomic mass is 19.1. The van der Waals surface area contributed by atoms with Gasteiger partial charge in [-0.1, -0.05) is 42.5 Å². The van der Waals surface area contributed by atoms with Crippen LogP contribution in [0.3, 0.4) is 0 Å². The van der Waals surface area contributed by atoms with Gasteiger partial charge in [0.05, 0.1) is 0 Å². The standard InChI is InChI=1S/C17H19F/c1-14-11-12-16(13-17(14)18)10-6-5-9-15-7-3-2-4-8-15/h2-4,7-8,11-13H,5-6,9-10H2,1H3. The first-order chi connectivity index (χ1) is 8.75. The van der Waals surface area contributed by atoms with Crippen molar-refractivity contribution in [1.82, 2.24) is 0 Å². The fourth-order valence-corrected chi connectivity index (χ4v) is 2.09. The Morgan fingerprint density at radius 3 is 2.17 bits per heavy atom. The van der Waals surface area contributed by atoms with Crippen molar-refractivity contribution < 1.29 is 4.39 Å². The van der Waals surface area contributed by atoms with E-state index in [1.54, 1.807) is 13.0 Å². The highest BCUT2D eigenvalue weighted by Gasteiger charge is 1.99. The summed E-state index contributed by atoms with van der Waals surface area (Å²) in [5.41, 5.74) is 3.21. The maximum atomic E-state index is 13.4. The van der Waals surface area contributed by atoms with Gasteiger partial charge in [-0.25, -0.2) is 4.39 Å². The number of hydrogen-bond acceptors (Lipinski definition) is 0. The largest absolute Gasteiger partial charge is 0.207 e. The Labute approximate surface area is 108 Å². The van der Waals surface area contributed by atoms with Crippen molar-refractivity contribution in [2.75, 3.05) is 0 Å². The third-order valence-electron chi connectivity index (χ3n) is 3.26. The lowest BCUT2D eigenvalue weighted by molar-refractivity contribution is 0.614. The van der Waals surface area contributed by atoms with E-state index in [0.29, 0.717) is 0 Å². The Morgan fingerprint density at radius 1 is 0.833 bits per heavy atom. The summed E-state index contributed by atoms with van der Waals surface area (Å²) in [5, 5.41) is 0. The molecule has 0 aliphatic heterocycles. The lowest BCUT2D eigenvalue weighted by Crippen LogP contribution is -1.91. The molecule has 2 aromatic carbocycles. The fraction of sp³-hybridized carbons (Fsp3) is 0.294. The van der Waals surface area contributed by atoms with Gasteiger partial charge in [-0.15, -0.1) is 0 Å². The summed E-state index contributed by atoms with van der Waals surface area (Å²) in [5.74, 6) is -0.0874. The van der Waals surface area contributed by atoms with Crippen LogP contribution < -0.4 is 0 Å². The van der Waals surface area contributed by atoms with E-state index in [4.69, 9.17) is 0 Å². The number of rotatable bonds is 5. The lowest BCUT2D eigenvalue weighted by Gasteiger charge is -2.04. The first-order valence-corrected chi connectivity index (χ1v) is 6.54. The van der Waals surface area contributed by atoms with Crippen LogP contribution in [0.15, 0.2) is 48.5 Å². The molecule has 0 saturated carbocycles. The molecule has 0 atom stereocenters. The van der Waals surface area contributed by atoms with Gasteiger partial charge in [-0.3, -0.25) is 0 Å². The van der Waals surface area contributed by atoms with Gasteiger partial charge in [0, 0.05) is 0 Å². The molecule has 18 heavy (non-hydrogen) atoms. The predicted molar refractivity (Wildman–Crippen MR) is 74.2 cm³/mol. The van der Waals surface area contributed by atoms with Crippen LogP contribution in [0.25, 0.3) is 0 Å². The molecule has 0 fully saturated rings. The van der Waals surface area contributed by atoms with E-state index in [1.165, 1.54) is 5.56 Å². The number of aryl methyl sites for hydroxylation is 3. The Balaban J connectivity index is 1.77. The second kappa shape index (κ2) is 6.34. The Hall–Kier alpha value is -1.63. The van der Waals surface area contributed by atoms with Crippen LogP contribution in [0.4, 0.5) is 4.39 Å². The van der Waals surface area contributed by atoms with E-state index in [-0.39, 0.29) is 5.82 Å². The van der Waals surface area contributed by atoms with Crippen molar-refractivity contribution in [3.05, 3.63) is 71.0 Å². The molecule has 0 aliphatic rings. The second-order valence-corrected chi connectivity index (χ2v) is 4.78. The summed E-state index contributed by atoms with van der Waals surface area (Å²) in [6.07, 6.45) is 4.33. The summed E-state index contributed by atoms with van der Waals surface area (Å²) < 4.78 is 13.4. The summed E-state index contributed by atoms with van der Waals surface area (Å²) in [7, 11) is 0. The van der Waals surface area contributed by atoms with Crippen LogP contribution in [0.5, 0.6) is 0 Å². The summed E-state index contributed by atoms with van der Waals surface area (Å²) in [6.45, 7) is 1.80. The molecule has 2 aromatic rings. The van der Waals surface area contributed by atoms with Crippen molar-refractivity contribution >= 4 is 0 Å². The van der Waals surface area contributed by atoms with E-state index in [1.807, 2.05) is 18.2 Å². The van der Waals surface area contributed by atoms with Crippen LogP contribution >= 0.6 is 0 Å². The quantitative estimate of drug-likeness (QED) is 0.667. The second-order valence-electron chi connectivity index (χ2n) is 4.78. The number of benzene rings is 2. The topological polar surface area (TPSA) is 0 Å². The highest BCUT2D eigenvalue weighted by molar-refractivity contribution is 5.23. The van der Waals surface area contributed by atoms with Crippen molar-refractivity contribution in [2.24, 2.45) is 0 Å². The van der Waals surface area contributed by atoms with Gasteiger partial charge in [0.15, 0.2) is 0 Å². The Bertz CT molecular complexity index is 488. The van der Waals surface area contributed by atoms with Crippen LogP contribution in [0, 0.1) is 12.7 Å². The van der Waals surface area contributed by atoms with Gasteiger partial charge in [0.2, 0.25) is 0 Å². The smallest absolute Gasteiger partial charge is 0.126 e. The van der Waals surface area contributed by atoms with E-state index >= 15 is 0 Å². The van der Waals surface area contributed by atoms with Crippen LogP contribution in [0.1, 0.15) is 29.5 Å². The summed E-state index contributed by atoms with van der Waals surface area (Å²) in [4.78, 5) is 0. The van der Waals surface area contributed by atoms with Gasteiger partial charge in [-0.05, 0) is 55.4 Å². The van der Waals surface area contributed by atoms with Gasteiger partial charge < -0.3 is 0 Å². The molecule has 1 heteroatoms. The van der Waals surface area contributed by atoms with Crippen LogP contribution in [-0.4, -0.2) is 0 Å². The molecule has 2 rings (SSSR count). The molecule has 0 saturated heterocycles.